The number of hydrogen-bond donors (Lipinski definition) is 2. The molecule has 0 atom stereocenters. The SMILES string of the molecule is CC(C)c1c(C2CCC(C(=O)O)CC2)c2nc3[nH]ncc3cc2n1-c1ccc(F)c(F)c1. The van der Waals surface area contributed by atoms with Crippen LogP contribution in [-0.4, -0.2) is 30.8 Å². The van der Waals surface area contributed by atoms with Crippen molar-refractivity contribution in [2.75, 3.05) is 0 Å². The van der Waals surface area contributed by atoms with Crippen LogP contribution in [0.5, 0.6) is 0 Å². The molecular weight excluding hydrogens is 414 g/mol. The van der Waals surface area contributed by atoms with E-state index < -0.39 is 17.6 Å². The highest BCUT2D eigenvalue weighted by Gasteiger charge is 2.33. The maximum absolute atomic E-state index is 14.2. The zero-order valence-electron chi connectivity index (χ0n) is 17.9. The predicted octanol–water partition coefficient (Wildman–Crippen LogP) is 5.66. The molecule has 2 N–H and O–H groups in total. The molecule has 3 aromatic heterocycles. The second kappa shape index (κ2) is 7.69. The summed E-state index contributed by atoms with van der Waals surface area (Å²) in [4.78, 5) is 16.3. The molecule has 32 heavy (non-hydrogen) atoms. The van der Waals surface area contributed by atoms with Crippen LogP contribution in [0, 0.1) is 17.6 Å². The van der Waals surface area contributed by atoms with E-state index >= 15 is 0 Å². The summed E-state index contributed by atoms with van der Waals surface area (Å²) in [5.74, 6) is -2.63. The Labute approximate surface area is 183 Å². The number of nitrogens with one attached hydrogen (secondary N) is 1. The molecule has 0 saturated heterocycles. The minimum atomic E-state index is -0.903. The molecule has 5 rings (SSSR count). The van der Waals surface area contributed by atoms with Crippen molar-refractivity contribution in [2.45, 2.75) is 51.4 Å². The van der Waals surface area contributed by atoms with Gasteiger partial charge in [-0.3, -0.25) is 9.89 Å². The minimum absolute atomic E-state index is 0.0842. The van der Waals surface area contributed by atoms with Gasteiger partial charge in [0.15, 0.2) is 17.3 Å². The molecule has 1 aromatic carbocycles. The van der Waals surface area contributed by atoms with E-state index in [0.29, 0.717) is 24.2 Å². The number of carboxylic acids is 1. The molecule has 0 bridgehead atoms. The van der Waals surface area contributed by atoms with Crippen LogP contribution in [0.1, 0.15) is 62.6 Å². The first-order valence-corrected chi connectivity index (χ1v) is 10.9. The van der Waals surface area contributed by atoms with Gasteiger partial charge in [0.25, 0.3) is 0 Å². The smallest absolute Gasteiger partial charge is 0.306 e. The lowest BCUT2D eigenvalue weighted by molar-refractivity contribution is -0.142. The lowest BCUT2D eigenvalue weighted by atomic mass is 9.77. The Kier molecular flexibility index (Phi) is 4.95. The van der Waals surface area contributed by atoms with E-state index in [1.807, 2.05) is 10.6 Å². The Morgan fingerprint density at radius 2 is 1.91 bits per heavy atom. The summed E-state index contributed by atoms with van der Waals surface area (Å²) in [6.07, 6.45) is 4.41. The largest absolute Gasteiger partial charge is 0.481 e. The summed E-state index contributed by atoms with van der Waals surface area (Å²) in [6, 6.07) is 5.91. The highest BCUT2D eigenvalue weighted by atomic mass is 19.2. The van der Waals surface area contributed by atoms with E-state index in [9.17, 15) is 18.7 Å². The molecule has 0 unspecified atom stereocenters. The van der Waals surface area contributed by atoms with Gasteiger partial charge in [-0.15, -0.1) is 0 Å². The molecule has 0 amide bonds. The van der Waals surface area contributed by atoms with Crippen molar-refractivity contribution in [2.24, 2.45) is 5.92 Å². The molecule has 1 aliphatic carbocycles. The first kappa shape index (κ1) is 20.6. The predicted molar refractivity (Wildman–Crippen MR) is 117 cm³/mol. The van der Waals surface area contributed by atoms with Crippen LogP contribution in [-0.2, 0) is 4.79 Å². The average Bonchev–Trinajstić information content (AvgIpc) is 3.36. The molecule has 0 radical (unpaired) electrons. The van der Waals surface area contributed by atoms with E-state index in [1.165, 1.54) is 6.07 Å². The third kappa shape index (κ3) is 3.25. The molecule has 8 heteroatoms. The number of H-pyrrole nitrogens is 1. The van der Waals surface area contributed by atoms with Gasteiger partial charge < -0.3 is 9.67 Å². The number of rotatable bonds is 4. The van der Waals surface area contributed by atoms with Crippen LogP contribution in [0.4, 0.5) is 8.78 Å². The van der Waals surface area contributed by atoms with E-state index in [-0.39, 0.29) is 17.8 Å². The summed E-state index contributed by atoms with van der Waals surface area (Å²) >= 11 is 0. The van der Waals surface area contributed by atoms with Gasteiger partial charge in [0.1, 0.15) is 0 Å². The van der Waals surface area contributed by atoms with E-state index in [1.54, 1.807) is 12.3 Å². The van der Waals surface area contributed by atoms with Gasteiger partial charge in [-0.05, 0) is 55.7 Å². The topological polar surface area (TPSA) is 83.8 Å². The number of carboxylic acid groups (broad SMARTS) is 1. The van der Waals surface area contributed by atoms with E-state index in [2.05, 4.69) is 24.0 Å². The molecule has 1 saturated carbocycles. The fraction of sp³-hybridized carbons (Fsp3) is 0.375. The van der Waals surface area contributed by atoms with Gasteiger partial charge in [0, 0.05) is 28.4 Å². The molecule has 166 valence electrons. The van der Waals surface area contributed by atoms with Crippen molar-refractivity contribution < 1.29 is 18.7 Å². The van der Waals surface area contributed by atoms with Crippen molar-refractivity contribution in [1.29, 1.82) is 0 Å². The number of halogens is 2. The third-order valence-electron chi connectivity index (χ3n) is 6.61. The average molecular weight is 438 g/mol. The van der Waals surface area contributed by atoms with Crippen LogP contribution in [0.15, 0.2) is 30.5 Å². The summed E-state index contributed by atoms with van der Waals surface area (Å²) in [5, 5.41) is 17.3. The number of nitrogens with zero attached hydrogens (tertiary/aromatic N) is 3. The number of fused-ring (bicyclic) bond motifs is 2. The van der Waals surface area contributed by atoms with E-state index in [0.717, 1.165) is 46.6 Å². The Bertz CT molecular complexity index is 1330. The lowest BCUT2D eigenvalue weighted by Gasteiger charge is -2.27. The van der Waals surface area contributed by atoms with Gasteiger partial charge in [-0.25, -0.2) is 13.8 Å². The zero-order chi connectivity index (χ0) is 22.6. The fourth-order valence-corrected chi connectivity index (χ4v) is 5.11. The number of aromatic nitrogens is 4. The number of aromatic amines is 1. The normalized spacial score (nSPS) is 19.3. The van der Waals surface area contributed by atoms with Crippen LogP contribution in [0.25, 0.3) is 27.8 Å². The molecule has 0 spiro atoms. The second-order valence-electron chi connectivity index (χ2n) is 8.94. The second-order valence-corrected chi connectivity index (χ2v) is 8.94. The van der Waals surface area contributed by atoms with Crippen molar-refractivity contribution in [1.82, 2.24) is 19.7 Å². The summed E-state index contributed by atoms with van der Waals surface area (Å²) < 4.78 is 29.9. The van der Waals surface area contributed by atoms with Crippen molar-refractivity contribution in [3.05, 3.63) is 53.4 Å². The molecule has 4 aromatic rings. The van der Waals surface area contributed by atoms with Crippen molar-refractivity contribution in [3.8, 4) is 5.69 Å². The highest BCUT2D eigenvalue weighted by Crippen LogP contribution is 2.44. The number of pyridine rings is 1. The summed E-state index contributed by atoms with van der Waals surface area (Å²) in [6.45, 7) is 4.15. The van der Waals surface area contributed by atoms with Gasteiger partial charge in [0.2, 0.25) is 0 Å². The summed E-state index contributed by atoms with van der Waals surface area (Å²) in [7, 11) is 0. The molecule has 0 aliphatic heterocycles. The van der Waals surface area contributed by atoms with Crippen molar-refractivity contribution in [3.63, 3.8) is 0 Å². The summed E-state index contributed by atoms with van der Waals surface area (Å²) in [5.41, 5.74) is 4.87. The quantitative estimate of drug-likeness (QED) is 0.431. The standard InChI is InChI=1S/C24H24F2N4O2/c1-12(2)22-20(13-3-5-14(6-4-13)24(31)32)21-19(9-15-11-27-29-23(15)28-21)30(22)16-7-8-17(25)18(26)10-16/h7-14H,3-6H2,1-2H3,(H,31,32)(H,27,28,29). The number of aliphatic carboxylic acids is 1. The molecule has 6 nitrogen and oxygen atoms in total. The Morgan fingerprint density at radius 3 is 2.56 bits per heavy atom. The Hall–Kier alpha value is -3.29. The monoisotopic (exact) mass is 438 g/mol. The number of benzene rings is 1. The van der Waals surface area contributed by atoms with E-state index in [4.69, 9.17) is 4.98 Å². The van der Waals surface area contributed by atoms with Gasteiger partial charge >= 0.3 is 5.97 Å². The first-order chi connectivity index (χ1) is 15.3. The number of carbonyl (C=O) groups is 1. The first-order valence-electron chi connectivity index (χ1n) is 10.9. The van der Waals surface area contributed by atoms with Crippen LogP contribution in [0.2, 0.25) is 0 Å². The number of hydrogen-bond acceptors (Lipinski definition) is 3. The molecular formula is C24H24F2N4O2. The van der Waals surface area contributed by atoms with Gasteiger partial charge in [-0.1, -0.05) is 13.8 Å². The zero-order valence-corrected chi connectivity index (χ0v) is 17.9. The van der Waals surface area contributed by atoms with Crippen LogP contribution in [0.3, 0.4) is 0 Å². The fourth-order valence-electron chi connectivity index (χ4n) is 5.11. The Balaban J connectivity index is 1.78. The highest BCUT2D eigenvalue weighted by molar-refractivity contribution is 5.93. The lowest BCUT2D eigenvalue weighted by Crippen LogP contribution is -2.21. The van der Waals surface area contributed by atoms with Crippen molar-refractivity contribution >= 4 is 28.0 Å². The molecule has 1 aliphatic rings. The van der Waals surface area contributed by atoms with Gasteiger partial charge in [0.05, 0.1) is 23.1 Å². The third-order valence-corrected chi connectivity index (χ3v) is 6.61. The molecule has 1 fully saturated rings. The maximum atomic E-state index is 14.2. The van der Waals surface area contributed by atoms with Crippen LogP contribution >= 0.6 is 0 Å². The van der Waals surface area contributed by atoms with Gasteiger partial charge in [-0.2, -0.15) is 5.10 Å². The Morgan fingerprint density at radius 1 is 1.16 bits per heavy atom. The minimum Gasteiger partial charge on any atom is -0.481 e. The molecule has 3 heterocycles. The maximum Gasteiger partial charge on any atom is 0.306 e. The van der Waals surface area contributed by atoms with Crippen LogP contribution < -0.4 is 0 Å².